The second-order valence-corrected chi connectivity index (χ2v) is 4.03. The number of nitrogen functional groups attached to an aromatic ring is 1. The van der Waals surface area contributed by atoms with E-state index in [-0.39, 0.29) is 11.6 Å². The topological polar surface area (TPSA) is 69.4 Å². The van der Waals surface area contributed by atoms with Crippen LogP contribution in [0.2, 0.25) is 0 Å². The van der Waals surface area contributed by atoms with Gasteiger partial charge in [-0.2, -0.15) is 0 Å². The summed E-state index contributed by atoms with van der Waals surface area (Å²) in [5, 5.41) is 11.1. The molecule has 0 amide bonds. The monoisotopic (exact) mass is 235 g/mol. The summed E-state index contributed by atoms with van der Waals surface area (Å²) in [6, 6.07) is 4.83. The third-order valence-corrected chi connectivity index (χ3v) is 3.11. The number of nitrogens with two attached hydrogens (primary N) is 1. The quantitative estimate of drug-likeness (QED) is 0.774. The summed E-state index contributed by atoms with van der Waals surface area (Å²) in [6.07, 6.45) is 0. The van der Waals surface area contributed by atoms with Crippen molar-refractivity contribution in [1.82, 2.24) is 4.90 Å². The van der Waals surface area contributed by atoms with Crippen LogP contribution in [0.3, 0.4) is 0 Å². The zero-order valence-corrected chi connectivity index (χ0v) is 10.6. The number of anilines is 1. The van der Waals surface area contributed by atoms with Crippen molar-refractivity contribution < 1.29 is 9.90 Å². The molecule has 0 radical (unpaired) electrons. The maximum Gasteiger partial charge on any atom is 0.0718 e. The van der Waals surface area contributed by atoms with Crippen LogP contribution >= 0.6 is 0 Å². The first-order chi connectivity index (χ1) is 8.01. The van der Waals surface area contributed by atoms with Crippen LogP contribution < -0.4 is 10.8 Å². The molecule has 0 aliphatic rings. The lowest BCUT2D eigenvalue weighted by Gasteiger charge is -2.28. The van der Waals surface area contributed by atoms with E-state index in [2.05, 4.69) is 4.90 Å². The number of hydrogen-bond acceptors (Lipinski definition) is 4. The van der Waals surface area contributed by atoms with Crippen LogP contribution in [-0.4, -0.2) is 24.0 Å². The van der Waals surface area contributed by atoms with Gasteiger partial charge in [0.15, 0.2) is 0 Å². The van der Waals surface area contributed by atoms with Gasteiger partial charge in [0.2, 0.25) is 0 Å². The number of nitrogens with zero attached hydrogens (tertiary/aromatic N) is 1. The maximum absolute atomic E-state index is 11.1. The SMILES string of the molecule is CCN(CC)C(C)c1cc(N)ccc1C(=O)[O-]. The molecule has 4 nitrogen and oxygen atoms in total. The van der Waals surface area contributed by atoms with Gasteiger partial charge < -0.3 is 15.6 Å². The Balaban J connectivity index is 3.18. The van der Waals surface area contributed by atoms with Gasteiger partial charge >= 0.3 is 0 Å². The number of hydrogen-bond donors (Lipinski definition) is 1. The summed E-state index contributed by atoms with van der Waals surface area (Å²) in [7, 11) is 0. The molecule has 94 valence electrons. The molecule has 0 fully saturated rings. The van der Waals surface area contributed by atoms with E-state index in [9.17, 15) is 9.90 Å². The summed E-state index contributed by atoms with van der Waals surface area (Å²) in [5.41, 5.74) is 7.23. The van der Waals surface area contributed by atoms with Crippen LogP contribution in [0.25, 0.3) is 0 Å². The maximum atomic E-state index is 11.1. The molecule has 4 heteroatoms. The zero-order chi connectivity index (χ0) is 13.0. The fourth-order valence-electron chi connectivity index (χ4n) is 2.08. The van der Waals surface area contributed by atoms with Crippen molar-refractivity contribution in [3.8, 4) is 0 Å². The highest BCUT2D eigenvalue weighted by Crippen LogP contribution is 2.25. The Bertz CT molecular complexity index is 400. The van der Waals surface area contributed by atoms with Gasteiger partial charge in [-0.05, 0) is 37.7 Å². The Kier molecular flexibility index (Phi) is 4.52. The van der Waals surface area contributed by atoms with E-state index in [0.29, 0.717) is 11.3 Å². The zero-order valence-electron chi connectivity index (χ0n) is 10.6. The van der Waals surface area contributed by atoms with E-state index in [0.717, 1.165) is 13.1 Å². The average molecular weight is 235 g/mol. The Morgan fingerprint density at radius 3 is 2.47 bits per heavy atom. The fraction of sp³-hybridized carbons (Fsp3) is 0.462. The van der Waals surface area contributed by atoms with Gasteiger partial charge in [0.05, 0.1) is 5.97 Å². The minimum atomic E-state index is -1.15. The van der Waals surface area contributed by atoms with Crippen molar-refractivity contribution in [2.45, 2.75) is 26.8 Å². The van der Waals surface area contributed by atoms with E-state index in [4.69, 9.17) is 5.73 Å². The Morgan fingerprint density at radius 1 is 1.41 bits per heavy atom. The number of carbonyl (C=O) groups excluding carboxylic acids is 1. The molecule has 2 N–H and O–H groups in total. The van der Waals surface area contributed by atoms with Gasteiger partial charge in [-0.3, -0.25) is 4.90 Å². The number of benzene rings is 1. The fourth-order valence-corrected chi connectivity index (χ4v) is 2.08. The van der Waals surface area contributed by atoms with Gasteiger partial charge in [-0.15, -0.1) is 0 Å². The van der Waals surface area contributed by atoms with Crippen LogP contribution in [0.5, 0.6) is 0 Å². The lowest BCUT2D eigenvalue weighted by Crippen LogP contribution is -2.30. The molecule has 1 unspecified atom stereocenters. The van der Waals surface area contributed by atoms with Crippen molar-refractivity contribution in [3.05, 3.63) is 29.3 Å². The van der Waals surface area contributed by atoms with Crippen molar-refractivity contribution in [2.24, 2.45) is 0 Å². The second-order valence-electron chi connectivity index (χ2n) is 4.03. The first-order valence-electron chi connectivity index (χ1n) is 5.86. The normalized spacial score (nSPS) is 12.7. The summed E-state index contributed by atoms with van der Waals surface area (Å²) in [5.74, 6) is -1.15. The molecule has 0 saturated heterocycles. The summed E-state index contributed by atoms with van der Waals surface area (Å²) in [6.45, 7) is 7.79. The number of carboxylic acids is 1. The molecule has 0 bridgehead atoms. The third-order valence-electron chi connectivity index (χ3n) is 3.11. The molecule has 0 aliphatic carbocycles. The summed E-state index contributed by atoms with van der Waals surface area (Å²) < 4.78 is 0. The predicted molar refractivity (Wildman–Crippen MR) is 66.5 cm³/mol. The van der Waals surface area contributed by atoms with Crippen molar-refractivity contribution >= 4 is 11.7 Å². The number of aromatic carboxylic acids is 1. The van der Waals surface area contributed by atoms with Crippen molar-refractivity contribution in [2.75, 3.05) is 18.8 Å². The van der Waals surface area contributed by atoms with Gasteiger partial charge in [0.1, 0.15) is 0 Å². The van der Waals surface area contributed by atoms with Gasteiger partial charge in [-0.1, -0.05) is 19.9 Å². The van der Waals surface area contributed by atoms with Crippen molar-refractivity contribution in [1.29, 1.82) is 0 Å². The number of carboxylic acid groups (broad SMARTS) is 1. The van der Waals surface area contributed by atoms with E-state index in [1.165, 1.54) is 6.07 Å². The van der Waals surface area contributed by atoms with Gasteiger partial charge in [0, 0.05) is 17.3 Å². The van der Waals surface area contributed by atoms with Crippen molar-refractivity contribution in [3.63, 3.8) is 0 Å². The van der Waals surface area contributed by atoms with E-state index >= 15 is 0 Å². The Labute approximate surface area is 102 Å². The van der Waals surface area contributed by atoms with E-state index in [1.807, 2.05) is 20.8 Å². The number of rotatable bonds is 5. The highest BCUT2D eigenvalue weighted by atomic mass is 16.4. The van der Waals surface area contributed by atoms with Crippen LogP contribution in [0.1, 0.15) is 42.7 Å². The number of carbonyl (C=O) groups is 1. The van der Waals surface area contributed by atoms with Crippen LogP contribution in [0.15, 0.2) is 18.2 Å². The molecule has 0 aromatic heterocycles. The molecule has 1 rings (SSSR count). The molecule has 17 heavy (non-hydrogen) atoms. The lowest BCUT2D eigenvalue weighted by molar-refractivity contribution is -0.255. The van der Waals surface area contributed by atoms with E-state index < -0.39 is 5.97 Å². The summed E-state index contributed by atoms with van der Waals surface area (Å²) >= 11 is 0. The predicted octanol–water partition coefficient (Wildman–Crippen LogP) is 1.04. The van der Waals surface area contributed by atoms with Gasteiger partial charge in [0.25, 0.3) is 0 Å². The molecule has 1 atom stereocenters. The minimum absolute atomic E-state index is 0.0152. The third kappa shape index (κ3) is 2.97. The Hall–Kier alpha value is -1.55. The minimum Gasteiger partial charge on any atom is -0.545 e. The highest BCUT2D eigenvalue weighted by molar-refractivity contribution is 5.88. The smallest absolute Gasteiger partial charge is 0.0718 e. The molecule has 0 heterocycles. The summed E-state index contributed by atoms with van der Waals surface area (Å²) in [4.78, 5) is 13.2. The molecular formula is C13H19N2O2-. The van der Waals surface area contributed by atoms with Crippen LogP contribution in [0.4, 0.5) is 5.69 Å². The van der Waals surface area contributed by atoms with Gasteiger partial charge in [-0.25, -0.2) is 0 Å². The highest BCUT2D eigenvalue weighted by Gasteiger charge is 2.16. The van der Waals surface area contributed by atoms with Crippen LogP contribution in [-0.2, 0) is 0 Å². The first kappa shape index (κ1) is 13.5. The second kappa shape index (κ2) is 5.68. The lowest BCUT2D eigenvalue weighted by atomic mass is 9.99. The first-order valence-corrected chi connectivity index (χ1v) is 5.86. The average Bonchev–Trinajstić information content (AvgIpc) is 2.29. The largest absolute Gasteiger partial charge is 0.545 e. The molecular weight excluding hydrogens is 216 g/mol. The van der Waals surface area contributed by atoms with E-state index in [1.54, 1.807) is 12.1 Å². The molecule has 1 aromatic rings. The standard InChI is InChI=1S/C13H20N2O2/c1-4-15(5-2)9(3)12-8-10(14)6-7-11(12)13(16)17/h6-9H,4-5,14H2,1-3H3,(H,16,17)/p-1. The Morgan fingerprint density at radius 2 is 2.00 bits per heavy atom. The molecule has 0 spiro atoms. The molecule has 0 saturated carbocycles. The molecule has 0 aliphatic heterocycles. The molecule has 1 aromatic carbocycles. The van der Waals surface area contributed by atoms with Crippen LogP contribution in [0, 0.1) is 0 Å².